The van der Waals surface area contributed by atoms with Crippen molar-refractivity contribution < 1.29 is 24.0 Å². The molecular formula is C38H34N4O5. The van der Waals surface area contributed by atoms with Gasteiger partial charge in [0.1, 0.15) is 6.54 Å². The molecule has 0 spiro atoms. The number of anilines is 3. The minimum atomic E-state index is -0.487. The maximum atomic E-state index is 14.2. The number of amides is 5. The lowest BCUT2D eigenvalue weighted by Gasteiger charge is -2.31. The van der Waals surface area contributed by atoms with Crippen LogP contribution in [0, 0.1) is 5.92 Å². The van der Waals surface area contributed by atoms with Crippen LogP contribution >= 0.6 is 0 Å². The van der Waals surface area contributed by atoms with Crippen molar-refractivity contribution in [1.29, 1.82) is 0 Å². The van der Waals surface area contributed by atoms with E-state index in [9.17, 15) is 24.0 Å². The van der Waals surface area contributed by atoms with E-state index in [-0.39, 0.29) is 24.4 Å². The first-order valence-electron chi connectivity index (χ1n) is 16.0. The summed E-state index contributed by atoms with van der Waals surface area (Å²) in [7, 11) is 0. The second-order valence-corrected chi connectivity index (χ2v) is 12.3. The largest absolute Gasteiger partial charge is 0.326 e. The van der Waals surface area contributed by atoms with Crippen LogP contribution < -0.4 is 15.1 Å². The summed E-state index contributed by atoms with van der Waals surface area (Å²) in [6.07, 6.45) is 3.09. The van der Waals surface area contributed by atoms with Gasteiger partial charge in [-0.1, -0.05) is 73.2 Å². The van der Waals surface area contributed by atoms with Gasteiger partial charge in [-0.2, -0.15) is 0 Å². The molecule has 5 amide bonds. The molecule has 2 aliphatic heterocycles. The monoisotopic (exact) mass is 626 g/mol. The van der Waals surface area contributed by atoms with Crippen LogP contribution in [0.5, 0.6) is 0 Å². The molecule has 236 valence electrons. The van der Waals surface area contributed by atoms with Gasteiger partial charge in [-0.3, -0.25) is 28.9 Å². The zero-order valence-electron chi connectivity index (χ0n) is 25.8. The van der Waals surface area contributed by atoms with Gasteiger partial charge in [0.15, 0.2) is 0 Å². The van der Waals surface area contributed by atoms with Crippen molar-refractivity contribution >= 4 is 46.6 Å². The number of benzene rings is 4. The highest BCUT2D eigenvalue weighted by molar-refractivity contribution is 6.23. The van der Waals surface area contributed by atoms with Crippen molar-refractivity contribution in [3.63, 3.8) is 0 Å². The van der Waals surface area contributed by atoms with E-state index in [1.807, 2.05) is 78.9 Å². The highest BCUT2D eigenvalue weighted by Crippen LogP contribution is 2.43. The van der Waals surface area contributed by atoms with E-state index in [1.165, 1.54) is 0 Å². The highest BCUT2D eigenvalue weighted by atomic mass is 16.2. The van der Waals surface area contributed by atoms with E-state index in [0.717, 1.165) is 22.4 Å². The third-order valence-electron chi connectivity index (χ3n) is 9.33. The summed E-state index contributed by atoms with van der Waals surface area (Å²) < 4.78 is 0. The molecule has 9 heteroatoms. The zero-order valence-corrected chi connectivity index (χ0v) is 25.8. The van der Waals surface area contributed by atoms with Gasteiger partial charge in [0, 0.05) is 18.2 Å². The van der Waals surface area contributed by atoms with Crippen molar-refractivity contribution in [2.24, 2.45) is 5.92 Å². The minimum Gasteiger partial charge on any atom is -0.326 e. The van der Waals surface area contributed by atoms with Crippen LogP contribution in [0.3, 0.4) is 0 Å². The minimum absolute atomic E-state index is 0.0609. The number of carbonyl (C=O) groups is 5. The molecule has 1 saturated carbocycles. The number of hydrogen-bond donors (Lipinski definition) is 1. The van der Waals surface area contributed by atoms with E-state index in [4.69, 9.17) is 0 Å². The maximum absolute atomic E-state index is 14.2. The van der Waals surface area contributed by atoms with Crippen molar-refractivity contribution in [3.05, 3.63) is 125 Å². The smallest absolute Gasteiger partial charge is 0.262 e. The molecule has 9 nitrogen and oxygen atoms in total. The Hall–Kier alpha value is -5.57. The van der Waals surface area contributed by atoms with Crippen LogP contribution in [0.1, 0.15) is 57.5 Å². The van der Waals surface area contributed by atoms with Gasteiger partial charge < -0.3 is 15.1 Å². The number of rotatable bonds is 8. The summed E-state index contributed by atoms with van der Waals surface area (Å²) >= 11 is 0. The average molecular weight is 627 g/mol. The number of hydrogen-bond acceptors (Lipinski definition) is 5. The number of nitrogens with one attached hydrogen (secondary N) is 1. The van der Waals surface area contributed by atoms with Gasteiger partial charge in [-0.05, 0) is 66.8 Å². The zero-order chi connectivity index (χ0) is 32.5. The molecule has 0 radical (unpaired) electrons. The number of aryl methyl sites for hydroxylation is 1. The van der Waals surface area contributed by atoms with Crippen molar-refractivity contribution in [2.45, 2.75) is 44.7 Å². The average Bonchev–Trinajstić information content (AvgIpc) is 3.64. The molecular weight excluding hydrogens is 592 g/mol. The van der Waals surface area contributed by atoms with Crippen LogP contribution in [0.4, 0.5) is 17.1 Å². The molecule has 7 rings (SSSR count). The second kappa shape index (κ2) is 12.7. The Bertz CT molecular complexity index is 1840. The Morgan fingerprint density at radius 3 is 2.02 bits per heavy atom. The number of nitrogens with zero attached hydrogens (tertiary/aromatic N) is 3. The molecule has 1 fully saturated rings. The van der Waals surface area contributed by atoms with E-state index in [2.05, 4.69) is 5.32 Å². The molecule has 0 aromatic heterocycles. The quantitative estimate of drug-likeness (QED) is 0.256. The number of fused-ring (bicyclic) bond motifs is 3. The lowest BCUT2D eigenvalue weighted by Crippen LogP contribution is -2.49. The first-order valence-corrected chi connectivity index (χ1v) is 16.0. The first kappa shape index (κ1) is 30.1. The summed E-state index contributed by atoms with van der Waals surface area (Å²) in [6, 6.07) is 30.8. The fraction of sp³-hybridized carbons (Fsp3) is 0.237. The number of carbonyl (C=O) groups excluding carboxylic acids is 5. The Labute approximate surface area is 272 Å². The topological polar surface area (TPSA) is 107 Å². The molecule has 4 aromatic carbocycles. The molecule has 2 heterocycles. The van der Waals surface area contributed by atoms with Gasteiger partial charge >= 0.3 is 0 Å². The van der Waals surface area contributed by atoms with Gasteiger partial charge in [0.2, 0.25) is 17.7 Å². The lowest BCUT2D eigenvalue weighted by molar-refractivity contribution is -0.123. The van der Waals surface area contributed by atoms with Crippen molar-refractivity contribution in [3.8, 4) is 0 Å². The fourth-order valence-electron chi connectivity index (χ4n) is 7.01. The molecule has 1 N–H and O–H groups in total. The van der Waals surface area contributed by atoms with Crippen LogP contribution in [-0.4, -0.2) is 47.0 Å². The number of para-hydroxylation sites is 2. The molecule has 0 saturated heterocycles. The van der Waals surface area contributed by atoms with Crippen LogP contribution in [0.25, 0.3) is 0 Å². The van der Waals surface area contributed by atoms with Crippen LogP contribution in [-0.2, 0) is 27.3 Å². The summed E-state index contributed by atoms with van der Waals surface area (Å²) in [5.41, 5.74) is 4.42. The molecule has 1 aliphatic carbocycles. The molecule has 0 unspecified atom stereocenters. The van der Waals surface area contributed by atoms with Gasteiger partial charge in [-0.15, -0.1) is 0 Å². The standard InChI is InChI=1S/C38H34N4O5/c43-34(22-19-25-9-2-1-3-10-25)39-27-20-17-26(18-21-27)23-40-32-14-6-7-15-33(32)42(31-16-8-13-30(31)38(40)47)35(44)24-41-36(45)28-11-4-5-12-29(28)37(41)46/h1-7,9-12,14-15,17-18,20-21,30-31H,8,13,16,19,22-24H2,(H,39,43)/t30-,31+/m0/s1. The normalized spacial score (nSPS) is 18.5. The molecule has 2 atom stereocenters. The van der Waals surface area contributed by atoms with Crippen LogP contribution in [0.15, 0.2) is 103 Å². The SMILES string of the molecule is O=C(CCc1ccccc1)Nc1ccc(CN2C(=O)[C@H]3CCC[C@H]3N(C(=O)CN3C(=O)c4ccccc4C3=O)c3ccccc32)cc1. The summed E-state index contributed by atoms with van der Waals surface area (Å²) in [5.74, 6) is -1.93. The van der Waals surface area contributed by atoms with Gasteiger partial charge in [-0.25, -0.2) is 0 Å². The van der Waals surface area contributed by atoms with Gasteiger partial charge in [0.25, 0.3) is 11.8 Å². The van der Waals surface area contributed by atoms with E-state index in [0.29, 0.717) is 53.9 Å². The molecule has 3 aliphatic rings. The predicted molar refractivity (Wildman–Crippen MR) is 178 cm³/mol. The van der Waals surface area contributed by atoms with E-state index in [1.54, 1.807) is 34.1 Å². The highest BCUT2D eigenvalue weighted by Gasteiger charge is 2.47. The Morgan fingerprint density at radius 1 is 0.681 bits per heavy atom. The lowest BCUT2D eigenvalue weighted by atomic mass is 10.0. The Kier molecular flexibility index (Phi) is 8.12. The molecule has 4 aromatic rings. The van der Waals surface area contributed by atoms with E-state index < -0.39 is 30.2 Å². The first-order chi connectivity index (χ1) is 22.9. The summed E-state index contributed by atoms with van der Waals surface area (Å²) in [4.78, 5) is 71.4. The van der Waals surface area contributed by atoms with Crippen molar-refractivity contribution in [1.82, 2.24) is 4.90 Å². The summed E-state index contributed by atoms with van der Waals surface area (Å²) in [6.45, 7) is -0.127. The summed E-state index contributed by atoms with van der Waals surface area (Å²) in [5, 5.41) is 2.95. The third kappa shape index (κ3) is 5.80. The van der Waals surface area contributed by atoms with Gasteiger partial charge in [0.05, 0.1) is 35.0 Å². The Balaban J connectivity index is 1.10. The number of imide groups is 1. The van der Waals surface area contributed by atoms with Crippen LogP contribution in [0.2, 0.25) is 0 Å². The molecule has 0 bridgehead atoms. The fourth-order valence-corrected chi connectivity index (χ4v) is 7.01. The maximum Gasteiger partial charge on any atom is 0.262 e. The van der Waals surface area contributed by atoms with E-state index >= 15 is 0 Å². The second-order valence-electron chi connectivity index (χ2n) is 12.3. The molecule has 47 heavy (non-hydrogen) atoms. The van der Waals surface area contributed by atoms with Crippen molar-refractivity contribution in [2.75, 3.05) is 21.7 Å². The predicted octanol–water partition coefficient (Wildman–Crippen LogP) is 5.60. The third-order valence-corrected chi connectivity index (χ3v) is 9.33. The Morgan fingerprint density at radius 2 is 1.32 bits per heavy atom.